The molecule has 174 valence electrons. The quantitative estimate of drug-likeness (QED) is 0.275. The van der Waals surface area contributed by atoms with Gasteiger partial charge in [0.15, 0.2) is 5.82 Å². The van der Waals surface area contributed by atoms with E-state index < -0.39 is 34.5 Å². The van der Waals surface area contributed by atoms with Crippen LogP contribution in [0.15, 0.2) is 48.9 Å². The van der Waals surface area contributed by atoms with Crippen molar-refractivity contribution in [3.05, 3.63) is 83.1 Å². The van der Waals surface area contributed by atoms with E-state index in [-0.39, 0.29) is 22.4 Å². The van der Waals surface area contributed by atoms with Crippen LogP contribution >= 0.6 is 0 Å². The van der Waals surface area contributed by atoms with Gasteiger partial charge in [0.1, 0.15) is 35.3 Å². The zero-order valence-corrected chi connectivity index (χ0v) is 18.1. The Bertz CT molecular complexity index is 1630. The van der Waals surface area contributed by atoms with Crippen molar-refractivity contribution in [3.8, 4) is 11.4 Å². The molecule has 10 nitrogen and oxygen atoms in total. The summed E-state index contributed by atoms with van der Waals surface area (Å²) in [6.07, 6.45) is 2.55. The first-order chi connectivity index (χ1) is 16.8. The number of amides is 1. The van der Waals surface area contributed by atoms with Crippen molar-refractivity contribution in [2.45, 2.75) is 6.92 Å². The third-order valence-corrected chi connectivity index (χ3v) is 5.30. The molecule has 5 rings (SSSR count). The zero-order chi connectivity index (χ0) is 24.7. The number of rotatable bonds is 6. The van der Waals surface area contributed by atoms with Crippen molar-refractivity contribution in [2.24, 2.45) is 5.73 Å². The summed E-state index contributed by atoms with van der Waals surface area (Å²) in [5, 5.41) is 11.3. The van der Waals surface area contributed by atoms with E-state index in [9.17, 15) is 18.4 Å². The monoisotopic (exact) mass is 474 g/mol. The molecule has 0 radical (unpaired) electrons. The minimum atomic E-state index is -1.33. The molecule has 5 N–H and O–H groups in total. The number of primary amides is 1. The van der Waals surface area contributed by atoms with Gasteiger partial charge in [-0.05, 0) is 31.2 Å². The summed E-state index contributed by atoms with van der Waals surface area (Å²) < 4.78 is 29.4. The molecule has 0 aliphatic carbocycles. The molecule has 3 aromatic heterocycles. The van der Waals surface area contributed by atoms with Gasteiger partial charge >= 0.3 is 0 Å². The summed E-state index contributed by atoms with van der Waals surface area (Å²) in [7, 11) is 0. The number of aryl methyl sites for hydroxylation is 1. The number of aromatic amines is 2. The second-order valence-corrected chi connectivity index (χ2v) is 7.59. The van der Waals surface area contributed by atoms with Crippen LogP contribution < -0.4 is 11.1 Å². The summed E-state index contributed by atoms with van der Waals surface area (Å²) in [6.45, 7) is 1.78. The van der Waals surface area contributed by atoms with Gasteiger partial charge in [-0.1, -0.05) is 12.1 Å². The number of aromatic nitrogens is 6. The summed E-state index contributed by atoms with van der Waals surface area (Å²) in [4.78, 5) is 38.9. The highest BCUT2D eigenvalue weighted by Crippen LogP contribution is 2.30. The maximum Gasteiger partial charge on any atom is 0.251 e. The number of benzene rings is 2. The van der Waals surface area contributed by atoms with Gasteiger partial charge in [-0.3, -0.25) is 9.59 Å². The Morgan fingerprint density at radius 2 is 1.89 bits per heavy atom. The summed E-state index contributed by atoms with van der Waals surface area (Å²) >= 11 is 0. The normalized spacial score (nSPS) is 11.1. The fraction of sp³-hybridized carbons (Fsp3) is 0.0435. The third-order valence-electron chi connectivity index (χ3n) is 5.30. The Hall–Kier alpha value is -5.00. The van der Waals surface area contributed by atoms with Gasteiger partial charge in [-0.15, -0.1) is 10.2 Å². The first kappa shape index (κ1) is 21.8. The van der Waals surface area contributed by atoms with Crippen LogP contribution in [0.2, 0.25) is 0 Å². The average molecular weight is 474 g/mol. The van der Waals surface area contributed by atoms with E-state index in [0.717, 1.165) is 17.7 Å². The Labute approximate surface area is 195 Å². The van der Waals surface area contributed by atoms with Crippen LogP contribution in [0.25, 0.3) is 22.4 Å². The van der Waals surface area contributed by atoms with Gasteiger partial charge in [0.25, 0.3) is 5.91 Å². The SMILES string of the molecule is Cc1nnc(-c2cccc(Nc3ncnc4[nH]cc(C(=O)c5c(F)ccc(C(N)=O)c5F)c34)c2)[nH]1. The first-order valence-electron chi connectivity index (χ1n) is 10.2. The number of H-pyrrole nitrogens is 2. The highest BCUT2D eigenvalue weighted by molar-refractivity contribution is 6.19. The summed E-state index contributed by atoms with van der Waals surface area (Å²) in [6, 6.07) is 8.89. The minimum Gasteiger partial charge on any atom is -0.366 e. The smallest absolute Gasteiger partial charge is 0.251 e. The molecule has 3 heterocycles. The maximum absolute atomic E-state index is 14.8. The van der Waals surface area contributed by atoms with E-state index >= 15 is 0 Å². The van der Waals surface area contributed by atoms with Crippen molar-refractivity contribution in [3.63, 3.8) is 0 Å². The molecular weight excluding hydrogens is 458 g/mol. The van der Waals surface area contributed by atoms with E-state index in [1.165, 1.54) is 12.5 Å². The van der Waals surface area contributed by atoms with Crippen molar-refractivity contribution >= 4 is 34.2 Å². The van der Waals surface area contributed by atoms with Crippen LogP contribution in [0, 0.1) is 18.6 Å². The Kier molecular flexibility index (Phi) is 5.24. The number of nitrogens with one attached hydrogen (secondary N) is 3. The van der Waals surface area contributed by atoms with E-state index in [0.29, 0.717) is 17.3 Å². The van der Waals surface area contributed by atoms with Gasteiger partial charge in [0.2, 0.25) is 5.78 Å². The molecule has 1 amide bonds. The second kappa shape index (κ2) is 8.41. The van der Waals surface area contributed by atoms with E-state index in [1.54, 1.807) is 25.1 Å². The molecule has 5 aromatic rings. The van der Waals surface area contributed by atoms with Gasteiger partial charge in [0.05, 0.1) is 22.1 Å². The minimum absolute atomic E-state index is 0.0930. The van der Waals surface area contributed by atoms with E-state index in [4.69, 9.17) is 5.73 Å². The van der Waals surface area contributed by atoms with Crippen molar-refractivity contribution in [2.75, 3.05) is 5.32 Å². The van der Waals surface area contributed by atoms with Crippen LogP contribution in [-0.4, -0.2) is 41.8 Å². The predicted molar refractivity (Wildman–Crippen MR) is 122 cm³/mol. The van der Waals surface area contributed by atoms with Gasteiger partial charge < -0.3 is 21.0 Å². The molecular formula is C23H16F2N8O2. The Morgan fingerprint density at radius 1 is 1.06 bits per heavy atom. The molecule has 0 aliphatic rings. The molecule has 0 fully saturated rings. The largest absolute Gasteiger partial charge is 0.366 e. The topological polar surface area (TPSA) is 155 Å². The van der Waals surface area contributed by atoms with Crippen LogP contribution in [-0.2, 0) is 0 Å². The fourth-order valence-corrected chi connectivity index (χ4v) is 3.68. The lowest BCUT2D eigenvalue weighted by molar-refractivity contribution is 0.0996. The van der Waals surface area contributed by atoms with Crippen LogP contribution in [0.1, 0.15) is 32.1 Å². The number of hydrogen-bond donors (Lipinski definition) is 4. The fourth-order valence-electron chi connectivity index (χ4n) is 3.68. The standard InChI is InChI=1S/C23H16F2N8O2/c1-10-30-21(33-32-10)11-3-2-4-12(7-11)31-23-16-14(8-27-22(16)28-9-29-23)19(34)17-15(24)6-5-13(18(17)25)20(26)35/h2-9H,1H3,(H2,26,35)(H,30,32,33)(H2,27,28,29,31). The van der Waals surface area contributed by atoms with Crippen molar-refractivity contribution in [1.82, 2.24) is 30.1 Å². The van der Waals surface area contributed by atoms with Gasteiger partial charge in [-0.2, -0.15) is 0 Å². The number of nitrogens with two attached hydrogens (primary N) is 1. The van der Waals surface area contributed by atoms with Gasteiger partial charge in [0, 0.05) is 17.4 Å². The molecule has 2 aromatic carbocycles. The number of carbonyl (C=O) groups excluding carboxylic acids is 2. The maximum atomic E-state index is 14.8. The van der Waals surface area contributed by atoms with Gasteiger partial charge in [-0.25, -0.2) is 18.7 Å². The molecule has 0 aliphatic heterocycles. The first-order valence-corrected chi connectivity index (χ1v) is 10.2. The van der Waals surface area contributed by atoms with Crippen molar-refractivity contribution in [1.29, 1.82) is 0 Å². The highest BCUT2D eigenvalue weighted by atomic mass is 19.1. The number of nitrogens with zero attached hydrogens (tertiary/aromatic N) is 4. The van der Waals surface area contributed by atoms with Crippen LogP contribution in [0.4, 0.5) is 20.3 Å². The van der Waals surface area contributed by atoms with E-state index in [1.807, 2.05) is 6.07 Å². The molecule has 0 unspecified atom stereocenters. The van der Waals surface area contributed by atoms with Crippen molar-refractivity contribution < 1.29 is 18.4 Å². The van der Waals surface area contributed by atoms with Crippen LogP contribution in [0.3, 0.4) is 0 Å². The average Bonchev–Trinajstić information content (AvgIpc) is 3.46. The molecule has 0 bridgehead atoms. The lowest BCUT2D eigenvalue weighted by Crippen LogP contribution is -2.17. The summed E-state index contributed by atoms with van der Waals surface area (Å²) in [5.74, 6) is -3.15. The highest BCUT2D eigenvalue weighted by Gasteiger charge is 2.27. The molecule has 0 saturated carbocycles. The third kappa shape index (κ3) is 3.86. The van der Waals surface area contributed by atoms with E-state index in [2.05, 4.69) is 35.5 Å². The number of hydrogen-bond acceptors (Lipinski definition) is 7. The lowest BCUT2D eigenvalue weighted by Gasteiger charge is -2.10. The molecule has 0 saturated heterocycles. The summed E-state index contributed by atoms with van der Waals surface area (Å²) in [5.41, 5.74) is 5.17. The Balaban J connectivity index is 1.58. The number of ketones is 1. The number of halogens is 2. The number of fused-ring (bicyclic) bond motifs is 1. The molecule has 35 heavy (non-hydrogen) atoms. The molecule has 0 atom stereocenters. The van der Waals surface area contributed by atoms with Crippen LogP contribution in [0.5, 0.6) is 0 Å². The molecule has 0 spiro atoms. The number of anilines is 2. The Morgan fingerprint density at radius 3 is 2.63 bits per heavy atom. The number of carbonyl (C=O) groups is 2. The lowest BCUT2D eigenvalue weighted by atomic mass is 9.99. The zero-order valence-electron chi connectivity index (χ0n) is 18.1. The molecule has 12 heteroatoms. The predicted octanol–water partition coefficient (Wildman–Crippen LogP) is 3.40. The second-order valence-electron chi connectivity index (χ2n) is 7.59.